The second kappa shape index (κ2) is 5.83. The van der Waals surface area contributed by atoms with Gasteiger partial charge in [0.25, 0.3) is 0 Å². The van der Waals surface area contributed by atoms with Gasteiger partial charge < -0.3 is 5.32 Å². The fourth-order valence-electron chi connectivity index (χ4n) is 2.38. The SMILES string of the molecule is CC(=O)Nc1ccc(/C=C2\CCC[C@@H](C)C2=O)cc1. The third-order valence-corrected chi connectivity index (χ3v) is 3.42. The molecule has 1 N–H and O–H groups in total. The average molecular weight is 257 g/mol. The Morgan fingerprint density at radius 1 is 1.32 bits per heavy atom. The molecule has 1 aliphatic carbocycles. The summed E-state index contributed by atoms with van der Waals surface area (Å²) in [5.41, 5.74) is 2.70. The minimum absolute atomic E-state index is 0.0811. The topological polar surface area (TPSA) is 46.2 Å². The molecule has 0 heterocycles. The van der Waals surface area contributed by atoms with E-state index in [0.29, 0.717) is 0 Å². The highest BCUT2D eigenvalue weighted by Gasteiger charge is 2.22. The predicted octanol–water partition coefficient (Wildman–Crippen LogP) is 3.42. The molecule has 19 heavy (non-hydrogen) atoms. The van der Waals surface area contributed by atoms with Gasteiger partial charge in [-0.1, -0.05) is 19.1 Å². The molecule has 1 saturated carbocycles. The molecule has 2 rings (SSSR count). The summed E-state index contributed by atoms with van der Waals surface area (Å²) in [4.78, 5) is 22.9. The molecular formula is C16H19NO2. The first-order valence-electron chi connectivity index (χ1n) is 6.68. The molecule has 0 saturated heterocycles. The first kappa shape index (κ1) is 13.5. The van der Waals surface area contributed by atoms with Gasteiger partial charge in [0.05, 0.1) is 0 Å². The monoisotopic (exact) mass is 257 g/mol. The van der Waals surface area contributed by atoms with Crippen LogP contribution in [0, 0.1) is 5.92 Å². The molecule has 0 aliphatic heterocycles. The molecule has 0 spiro atoms. The number of ketones is 1. The van der Waals surface area contributed by atoms with E-state index in [4.69, 9.17) is 0 Å². The average Bonchev–Trinajstić information content (AvgIpc) is 2.37. The van der Waals surface area contributed by atoms with Crippen LogP contribution in [0.4, 0.5) is 5.69 Å². The van der Waals surface area contributed by atoms with Crippen LogP contribution in [0.2, 0.25) is 0 Å². The normalized spacial score (nSPS) is 21.5. The number of allylic oxidation sites excluding steroid dienone is 1. The van der Waals surface area contributed by atoms with Gasteiger partial charge in [-0.25, -0.2) is 0 Å². The zero-order chi connectivity index (χ0) is 13.8. The van der Waals surface area contributed by atoms with E-state index in [-0.39, 0.29) is 17.6 Å². The van der Waals surface area contributed by atoms with Crippen molar-refractivity contribution in [1.29, 1.82) is 0 Å². The van der Waals surface area contributed by atoms with Gasteiger partial charge in [-0.2, -0.15) is 0 Å². The van der Waals surface area contributed by atoms with E-state index < -0.39 is 0 Å². The van der Waals surface area contributed by atoms with Crippen LogP contribution in [-0.4, -0.2) is 11.7 Å². The molecule has 3 heteroatoms. The minimum atomic E-state index is -0.0811. The van der Waals surface area contributed by atoms with E-state index in [2.05, 4.69) is 5.32 Å². The highest BCUT2D eigenvalue weighted by atomic mass is 16.1. The van der Waals surface area contributed by atoms with Crippen molar-refractivity contribution in [3.8, 4) is 0 Å². The molecule has 1 atom stereocenters. The number of carbonyl (C=O) groups excluding carboxylic acids is 2. The molecule has 1 amide bonds. The summed E-state index contributed by atoms with van der Waals surface area (Å²) < 4.78 is 0. The van der Waals surface area contributed by atoms with Crippen molar-refractivity contribution in [2.24, 2.45) is 5.92 Å². The van der Waals surface area contributed by atoms with Crippen LogP contribution < -0.4 is 5.32 Å². The highest BCUT2D eigenvalue weighted by molar-refractivity contribution is 6.01. The van der Waals surface area contributed by atoms with Gasteiger partial charge >= 0.3 is 0 Å². The number of rotatable bonds is 2. The van der Waals surface area contributed by atoms with Gasteiger partial charge in [0, 0.05) is 18.5 Å². The molecule has 1 fully saturated rings. The van der Waals surface area contributed by atoms with E-state index in [9.17, 15) is 9.59 Å². The maximum Gasteiger partial charge on any atom is 0.221 e. The number of nitrogens with one attached hydrogen (secondary N) is 1. The fourth-order valence-corrected chi connectivity index (χ4v) is 2.38. The maximum absolute atomic E-state index is 12.0. The van der Waals surface area contributed by atoms with Crippen molar-refractivity contribution < 1.29 is 9.59 Å². The third-order valence-electron chi connectivity index (χ3n) is 3.42. The lowest BCUT2D eigenvalue weighted by molar-refractivity contribution is -0.119. The Labute approximate surface area is 113 Å². The summed E-state index contributed by atoms with van der Waals surface area (Å²) in [6.07, 6.45) is 4.92. The van der Waals surface area contributed by atoms with Crippen molar-refractivity contribution >= 4 is 23.5 Å². The standard InChI is InChI=1S/C16H19NO2/c1-11-4-3-5-14(16(11)19)10-13-6-8-15(9-7-13)17-12(2)18/h6-11H,3-5H2,1-2H3,(H,17,18)/b14-10+/t11-/m1/s1. The summed E-state index contributed by atoms with van der Waals surface area (Å²) in [5.74, 6) is 0.346. The summed E-state index contributed by atoms with van der Waals surface area (Å²) in [6.45, 7) is 3.48. The van der Waals surface area contributed by atoms with Gasteiger partial charge in [0.15, 0.2) is 5.78 Å². The van der Waals surface area contributed by atoms with E-state index in [1.54, 1.807) is 0 Å². The van der Waals surface area contributed by atoms with Crippen LogP contribution in [0.15, 0.2) is 29.8 Å². The lowest BCUT2D eigenvalue weighted by atomic mass is 9.84. The number of Topliss-reactive ketones (excluding diaryl/α,β-unsaturated/α-hetero) is 1. The van der Waals surface area contributed by atoms with E-state index in [0.717, 1.165) is 36.1 Å². The van der Waals surface area contributed by atoms with Crippen molar-refractivity contribution in [1.82, 2.24) is 0 Å². The number of amides is 1. The lowest BCUT2D eigenvalue weighted by Gasteiger charge is -2.19. The Balaban J connectivity index is 2.14. The van der Waals surface area contributed by atoms with Crippen molar-refractivity contribution in [3.05, 3.63) is 35.4 Å². The molecule has 0 bridgehead atoms. The number of hydrogen-bond acceptors (Lipinski definition) is 2. The van der Waals surface area contributed by atoms with E-state index in [1.165, 1.54) is 6.92 Å². The van der Waals surface area contributed by atoms with Gasteiger partial charge in [0.2, 0.25) is 5.91 Å². The van der Waals surface area contributed by atoms with Gasteiger partial charge in [-0.05, 0) is 48.6 Å². The molecule has 0 aromatic heterocycles. The Morgan fingerprint density at radius 3 is 2.63 bits per heavy atom. The Hall–Kier alpha value is -1.90. The molecule has 0 radical (unpaired) electrons. The lowest BCUT2D eigenvalue weighted by Crippen LogP contribution is -2.18. The van der Waals surface area contributed by atoms with E-state index in [1.807, 2.05) is 37.3 Å². The number of anilines is 1. The van der Waals surface area contributed by atoms with Crippen molar-refractivity contribution in [2.75, 3.05) is 5.32 Å². The van der Waals surface area contributed by atoms with Crippen LogP contribution in [0.5, 0.6) is 0 Å². The van der Waals surface area contributed by atoms with Gasteiger partial charge in [-0.15, -0.1) is 0 Å². The number of benzene rings is 1. The first-order chi connectivity index (χ1) is 9.06. The van der Waals surface area contributed by atoms with Crippen molar-refractivity contribution in [2.45, 2.75) is 33.1 Å². The number of hydrogen-bond donors (Lipinski definition) is 1. The van der Waals surface area contributed by atoms with Crippen molar-refractivity contribution in [3.63, 3.8) is 0 Å². The van der Waals surface area contributed by atoms with Crippen LogP contribution in [0.3, 0.4) is 0 Å². The Kier molecular flexibility index (Phi) is 4.15. The van der Waals surface area contributed by atoms with Crippen LogP contribution in [-0.2, 0) is 9.59 Å². The summed E-state index contributed by atoms with van der Waals surface area (Å²) in [7, 11) is 0. The van der Waals surface area contributed by atoms with Crippen LogP contribution >= 0.6 is 0 Å². The molecule has 100 valence electrons. The predicted molar refractivity (Wildman–Crippen MR) is 76.7 cm³/mol. The van der Waals surface area contributed by atoms with E-state index >= 15 is 0 Å². The Morgan fingerprint density at radius 2 is 2.00 bits per heavy atom. The summed E-state index contributed by atoms with van der Waals surface area (Å²) in [5, 5.41) is 2.72. The largest absolute Gasteiger partial charge is 0.326 e. The quantitative estimate of drug-likeness (QED) is 0.825. The zero-order valence-electron chi connectivity index (χ0n) is 11.4. The zero-order valence-corrected chi connectivity index (χ0v) is 11.4. The first-order valence-corrected chi connectivity index (χ1v) is 6.68. The molecular weight excluding hydrogens is 238 g/mol. The molecule has 1 aromatic carbocycles. The van der Waals surface area contributed by atoms with Crippen LogP contribution in [0.25, 0.3) is 6.08 Å². The van der Waals surface area contributed by atoms with Gasteiger partial charge in [-0.3, -0.25) is 9.59 Å². The summed E-state index contributed by atoms with van der Waals surface area (Å²) in [6, 6.07) is 7.55. The molecule has 1 aromatic rings. The molecule has 1 aliphatic rings. The summed E-state index contributed by atoms with van der Waals surface area (Å²) >= 11 is 0. The smallest absolute Gasteiger partial charge is 0.221 e. The minimum Gasteiger partial charge on any atom is -0.326 e. The van der Waals surface area contributed by atoms with Crippen LogP contribution in [0.1, 0.15) is 38.7 Å². The fraction of sp³-hybridized carbons (Fsp3) is 0.375. The maximum atomic E-state index is 12.0. The molecule has 0 unspecified atom stereocenters. The van der Waals surface area contributed by atoms with Gasteiger partial charge in [0.1, 0.15) is 0 Å². The Bertz CT molecular complexity index is 514. The number of carbonyl (C=O) groups is 2. The second-order valence-corrected chi connectivity index (χ2v) is 5.13. The highest BCUT2D eigenvalue weighted by Crippen LogP contribution is 2.26. The third kappa shape index (κ3) is 3.53. The second-order valence-electron chi connectivity index (χ2n) is 5.13. The molecule has 3 nitrogen and oxygen atoms in total.